The molecular formula is C25H28N4O. The van der Waals surface area contributed by atoms with E-state index in [0.29, 0.717) is 12.5 Å². The molecule has 5 heteroatoms. The molecule has 2 aromatic heterocycles. The largest absolute Gasteiger partial charge is 0.486 e. The van der Waals surface area contributed by atoms with Crippen LogP contribution in [0.1, 0.15) is 25.8 Å². The lowest BCUT2D eigenvalue weighted by atomic mass is 10.0. The minimum Gasteiger partial charge on any atom is -0.486 e. The first kappa shape index (κ1) is 18.9. The zero-order valence-corrected chi connectivity index (χ0v) is 17.9. The van der Waals surface area contributed by atoms with E-state index in [4.69, 9.17) is 4.74 Å². The van der Waals surface area contributed by atoms with Gasteiger partial charge in [-0.3, -0.25) is 9.98 Å². The Morgan fingerprint density at radius 2 is 2.03 bits per heavy atom. The second kappa shape index (κ2) is 7.63. The van der Waals surface area contributed by atoms with E-state index in [1.54, 1.807) is 0 Å². The van der Waals surface area contributed by atoms with Gasteiger partial charge in [-0.25, -0.2) is 0 Å². The van der Waals surface area contributed by atoms with Crippen LogP contribution in [0.5, 0.6) is 5.75 Å². The monoisotopic (exact) mass is 400 g/mol. The number of nitrogens with zero attached hydrogens (tertiary/aromatic N) is 3. The third kappa shape index (κ3) is 3.28. The molecule has 1 aliphatic heterocycles. The zero-order chi connectivity index (χ0) is 20.7. The van der Waals surface area contributed by atoms with Crippen LogP contribution in [-0.4, -0.2) is 35.1 Å². The highest BCUT2D eigenvalue weighted by molar-refractivity contribution is 6.14. The van der Waals surface area contributed by atoms with Crippen molar-refractivity contribution in [3.05, 3.63) is 48.3 Å². The molecule has 5 nitrogen and oxygen atoms in total. The van der Waals surface area contributed by atoms with Crippen LogP contribution < -0.4 is 10.1 Å². The maximum atomic E-state index is 6.06. The Hall–Kier alpha value is -3.08. The normalized spacial score (nSPS) is 14.1. The Bertz CT molecular complexity index is 1270. The average molecular weight is 401 g/mol. The quantitative estimate of drug-likeness (QED) is 0.491. The number of pyridine rings is 1. The van der Waals surface area contributed by atoms with Gasteiger partial charge in [0.25, 0.3) is 0 Å². The van der Waals surface area contributed by atoms with Gasteiger partial charge in [-0.05, 0) is 60.5 Å². The molecule has 0 saturated carbocycles. The number of amidine groups is 1. The molecule has 1 N–H and O–H groups in total. The molecule has 0 unspecified atom stereocenters. The number of aryl methyl sites for hydroxylation is 2. The molecule has 0 amide bonds. The Morgan fingerprint density at radius 3 is 2.83 bits per heavy atom. The molecule has 5 rings (SSSR count). The van der Waals surface area contributed by atoms with Crippen LogP contribution in [0.2, 0.25) is 0 Å². The maximum Gasteiger partial charge on any atom is 0.145 e. The molecule has 1 aliphatic rings. The highest BCUT2D eigenvalue weighted by Gasteiger charge is 2.16. The molecule has 2 aromatic carbocycles. The fraction of sp³-hybridized carbons (Fsp3) is 0.360. The number of fused-ring (bicyclic) bond motifs is 4. The Labute approximate surface area is 176 Å². The number of aromatic nitrogens is 2. The Kier molecular flexibility index (Phi) is 4.81. The third-order valence-corrected chi connectivity index (χ3v) is 6.03. The Balaban J connectivity index is 1.67. The SMILES string of the molecule is Cc1c2ccncc2cc2c3cc(OCC4=NCCN4)ccc3n(CCC(C)C)c12. The molecule has 0 saturated heterocycles. The number of nitrogens with one attached hydrogen (secondary N) is 1. The summed E-state index contributed by atoms with van der Waals surface area (Å²) in [5.74, 6) is 2.47. The standard InChI is InChI=1S/C25H28N4O/c1-16(2)7-11-29-23-5-4-19(30-15-24-27-9-10-28-24)13-21(23)22-12-18-14-26-8-6-20(18)17(3)25(22)29/h4-6,8,12-14,16H,7,9-11,15H2,1-3H3,(H,27,28). The molecule has 0 atom stereocenters. The van der Waals surface area contributed by atoms with E-state index in [9.17, 15) is 0 Å². The van der Waals surface area contributed by atoms with Gasteiger partial charge in [0.15, 0.2) is 0 Å². The van der Waals surface area contributed by atoms with Gasteiger partial charge in [-0.2, -0.15) is 0 Å². The van der Waals surface area contributed by atoms with E-state index >= 15 is 0 Å². The van der Waals surface area contributed by atoms with Crippen molar-refractivity contribution in [1.29, 1.82) is 0 Å². The maximum absolute atomic E-state index is 6.06. The van der Waals surface area contributed by atoms with E-state index in [1.165, 1.54) is 38.1 Å². The van der Waals surface area contributed by atoms with Gasteiger partial charge in [0.2, 0.25) is 0 Å². The van der Waals surface area contributed by atoms with Crippen LogP contribution in [0.4, 0.5) is 0 Å². The number of benzene rings is 2. The number of hydrogen-bond acceptors (Lipinski definition) is 4. The van der Waals surface area contributed by atoms with Crippen molar-refractivity contribution in [1.82, 2.24) is 14.9 Å². The minimum atomic E-state index is 0.489. The van der Waals surface area contributed by atoms with Gasteiger partial charge >= 0.3 is 0 Å². The molecule has 154 valence electrons. The van der Waals surface area contributed by atoms with Crippen molar-refractivity contribution in [2.45, 2.75) is 33.7 Å². The van der Waals surface area contributed by atoms with Gasteiger partial charge in [-0.15, -0.1) is 0 Å². The first-order valence-electron chi connectivity index (χ1n) is 10.8. The van der Waals surface area contributed by atoms with Gasteiger partial charge in [-0.1, -0.05) is 13.8 Å². The number of rotatable bonds is 6. The van der Waals surface area contributed by atoms with Crippen LogP contribution in [0, 0.1) is 12.8 Å². The molecule has 0 fully saturated rings. The van der Waals surface area contributed by atoms with Crippen molar-refractivity contribution in [2.75, 3.05) is 19.7 Å². The van der Waals surface area contributed by atoms with Gasteiger partial charge in [0.05, 0.1) is 12.1 Å². The number of ether oxygens (including phenoxy) is 1. The lowest BCUT2D eigenvalue weighted by molar-refractivity contribution is 0.374. The molecule has 0 aliphatic carbocycles. The van der Waals surface area contributed by atoms with Crippen molar-refractivity contribution in [2.24, 2.45) is 10.9 Å². The topological polar surface area (TPSA) is 51.4 Å². The van der Waals surface area contributed by atoms with Crippen molar-refractivity contribution in [3.8, 4) is 5.75 Å². The van der Waals surface area contributed by atoms with Crippen LogP contribution in [0.3, 0.4) is 0 Å². The zero-order valence-electron chi connectivity index (χ0n) is 17.9. The van der Waals surface area contributed by atoms with Crippen LogP contribution in [0.15, 0.2) is 47.7 Å². The highest BCUT2D eigenvalue weighted by Crippen LogP contribution is 2.37. The molecule has 30 heavy (non-hydrogen) atoms. The van der Waals surface area contributed by atoms with Crippen LogP contribution in [0.25, 0.3) is 32.6 Å². The summed E-state index contributed by atoms with van der Waals surface area (Å²) < 4.78 is 8.55. The fourth-order valence-corrected chi connectivity index (χ4v) is 4.46. The predicted molar refractivity (Wildman–Crippen MR) is 125 cm³/mol. The van der Waals surface area contributed by atoms with Gasteiger partial charge in [0.1, 0.15) is 18.2 Å². The number of hydrogen-bond donors (Lipinski definition) is 1. The lowest BCUT2D eigenvalue weighted by Crippen LogP contribution is -2.24. The van der Waals surface area contributed by atoms with E-state index < -0.39 is 0 Å². The van der Waals surface area contributed by atoms with Gasteiger partial charge < -0.3 is 14.6 Å². The van der Waals surface area contributed by atoms with E-state index in [1.807, 2.05) is 12.4 Å². The molecule has 0 radical (unpaired) electrons. The second-order valence-corrected chi connectivity index (χ2v) is 8.55. The first-order chi connectivity index (χ1) is 14.6. The van der Waals surface area contributed by atoms with E-state index in [-0.39, 0.29) is 0 Å². The predicted octanol–water partition coefficient (Wildman–Crippen LogP) is 5.08. The highest BCUT2D eigenvalue weighted by atomic mass is 16.5. The summed E-state index contributed by atoms with van der Waals surface area (Å²) in [6.45, 7) is 10.0. The van der Waals surface area contributed by atoms with E-state index in [2.05, 4.69) is 71.0 Å². The van der Waals surface area contributed by atoms with Gasteiger partial charge in [0, 0.05) is 47.2 Å². The van der Waals surface area contributed by atoms with Crippen molar-refractivity contribution in [3.63, 3.8) is 0 Å². The molecule has 0 bridgehead atoms. The summed E-state index contributed by atoms with van der Waals surface area (Å²) in [7, 11) is 0. The fourth-order valence-electron chi connectivity index (χ4n) is 4.46. The molecule has 0 spiro atoms. The summed E-state index contributed by atoms with van der Waals surface area (Å²) in [6, 6.07) is 10.9. The van der Waals surface area contributed by atoms with Crippen molar-refractivity contribution >= 4 is 38.4 Å². The first-order valence-corrected chi connectivity index (χ1v) is 10.8. The molecule has 3 heterocycles. The summed E-state index contributed by atoms with van der Waals surface area (Å²) in [4.78, 5) is 8.77. The van der Waals surface area contributed by atoms with Crippen molar-refractivity contribution < 1.29 is 4.74 Å². The lowest BCUT2D eigenvalue weighted by Gasteiger charge is -2.12. The Morgan fingerprint density at radius 1 is 1.13 bits per heavy atom. The van der Waals surface area contributed by atoms with Crippen LogP contribution >= 0.6 is 0 Å². The van der Waals surface area contributed by atoms with Crippen LogP contribution in [-0.2, 0) is 6.54 Å². The summed E-state index contributed by atoms with van der Waals surface area (Å²) in [5, 5.41) is 8.23. The number of aliphatic imine (C=N–C) groups is 1. The summed E-state index contributed by atoms with van der Waals surface area (Å²) in [5.41, 5.74) is 3.90. The average Bonchev–Trinajstić information content (AvgIpc) is 3.37. The summed E-state index contributed by atoms with van der Waals surface area (Å²) >= 11 is 0. The third-order valence-electron chi connectivity index (χ3n) is 6.03. The molecule has 4 aromatic rings. The van der Waals surface area contributed by atoms with E-state index in [0.717, 1.165) is 37.6 Å². The smallest absolute Gasteiger partial charge is 0.145 e. The molecular weight excluding hydrogens is 372 g/mol. The summed E-state index contributed by atoms with van der Waals surface area (Å²) in [6.07, 6.45) is 4.99. The second-order valence-electron chi connectivity index (χ2n) is 8.55. The minimum absolute atomic E-state index is 0.489.